The Balaban J connectivity index is 2.28. The van der Waals surface area contributed by atoms with E-state index in [0.29, 0.717) is 0 Å². The van der Waals surface area contributed by atoms with E-state index in [1.807, 2.05) is 0 Å². The number of allylic oxidation sites excluding steroid dienone is 6. The lowest BCUT2D eigenvalue weighted by Crippen LogP contribution is -1.72. The Kier molecular flexibility index (Phi) is 6.22. The Bertz CT molecular complexity index is 184. The maximum atomic E-state index is 2.30. The molecule has 13 heavy (non-hydrogen) atoms. The molecule has 0 saturated carbocycles. The van der Waals surface area contributed by atoms with Crippen LogP contribution in [0.5, 0.6) is 0 Å². The molecule has 0 saturated heterocycles. The molecular formula is C13H19. The van der Waals surface area contributed by atoms with Crippen LogP contribution in [0.25, 0.3) is 0 Å². The van der Waals surface area contributed by atoms with Crippen LogP contribution in [0, 0.1) is 6.42 Å². The van der Waals surface area contributed by atoms with Gasteiger partial charge in [0.15, 0.2) is 0 Å². The van der Waals surface area contributed by atoms with Crippen molar-refractivity contribution in [3.05, 3.63) is 42.9 Å². The Morgan fingerprint density at radius 3 is 2.23 bits per heavy atom. The predicted molar refractivity (Wildman–Crippen MR) is 59.4 cm³/mol. The second kappa shape index (κ2) is 7.85. The summed E-state index contributed by atoms with van der Waals surface area (Å²) in [5, 5.41) is 0. The summed E-state index contributed by atoms with van der Waals surface area (Å²) in [5.41, 5.74) is 0. The molecule has 0 aromatic carbocycles. The Labute approximate surface area is 82.0 Å². The molecule has 0 spiro atoms. The summed E-state index contributed by atoms with van der Waals surface area (Å²) in [5.74, 6) is 0. The van der Waals surface area contributed by atoms with Gasteiger partial charge in [0.25, 0.3) is 0 Å². The number of hydrogen-bond donors (Lipinski definition) is 0. The van der Waals surface area contributed by atoms with Crippen molar-refractivity contribution in [1.82, 2.24) is 0 Å². The van der Waals surface area contributed by atoms with Crippen molar-refractivity contribution in [2.24, 2.45) is 0 Å². The molecule has 0 heterocycles. The van der Waals surface area contributed by atoms with E-state index in [0.717, 1.165) is 12.8 Å². The van der Waals surface area contributed by atoms with Gasteiger partial charge in [-0.2, -0.15) is 0 Å². The van der Waals surface area contributed by atoms with E-state index in [-0.39, 0.29) is 0 Å². The fraction of sp³-hybridized carbons (Fsp3) is 0.462. The van der Waals surface area contributed by atoms with E-state index in [1.165, 1.54) is 25.7 Å². The Hall–Kier alpha value is -0.780. The molecule has 1 radical (unpaired) electrons. The molecule has 0 fully saturated rings. The average Bonchev–Trinajstić information content (AvgIpc) is 2.18. The van der Waals surface area contributed by atoms with Gasteiger partial charge in [0, 0.05) is 0 Å². The van der Waals surface area contributed by atoms with E-state index in [2.05, 4.69) is 42.9 Å². The van der Waals surface area contributed by atoms with Gasteiger partial charge in [0.2, 0.25) is 0 Å². The maximum Gasteiger partial charge on any atom is -0.0133 e. The molecule has 71 valence electrons. The summed E-state index contributed by atoms with van der Waals surface area (Å²) in [6.07, 6.45) is 23.0. The minimum absolute atomic E-state index is 1.07. The molecule has 0 heteroatoms. The summed E-state index contributed by atoms with van der Waals surface area (Å²) in [6, 6.07) is 0. The minimum Gasteiger partial charge on any atom is -0.0882 e. The van der Waals surface area contributed by atoms with Crippen molar-refractivity contribution in [1.29, 1.82) is 0 Å². The molecule has 0 aromatic rings. The van der Waals surface area contributed by atoms with E-state index in [9.17, 15) is 0 Å². The average molecular weight is 175 g/mol. The van der Waals surface area contributed by atoms with Crippen LogP contribution in [-0.2, 0) is 0 Å². The zero-order valence-corrected chi connectivity index (χ0v) is 8.28. The first-order valence-electron chi connectivity index (χ1n) is 5.28. The van der Waals surface area contributed by atoms with Gasteiger partial charge < -0.3 is 0 Å². The van der Waals surface area contributed by atoms with Gasteiger partial charge in [0.05, 0.1) is 0 Å². The molecule has 0 unspecified atom stereocenters. The molecule has 1 aliphatic carbocycles. The van der Waals surface area contributed by atoms with Crippen LogP contribution >= 0.6 is 0 Å². The van der Waals surface area contributed by atoms with Crippen LogP contribution in [0.3, 0.4) is 0 Å². The largest absolute Gasteiger partial charge is 0.0882 e. The lowest BCUT2D eigenvalue weighted by atomic mass is 10.1. The second-order valence-corrected chi connectivity index (χ2v) is 3.36. The van der Waals surface area contributed by atoms with Crippen molar-refractivity contribution in [3.63, 3.8) is 0 Å². The zero-order valence-electron chi connectivity index (χ0n) is 8.28. The SMILES string of the molecule is [CH]1/C=C/CCCC/C=C/C/C=C/C1. The highest BCUT2D eigenvalue weighted by molar-refractivity contribution is 5.01. The quantitative estimate of drug-likeness (QED) is 0.484. The first-order valence-corrected chi connectivity index (χ1v) is 5.28. The Morgan fingerprint density at radius 2 is 1.31 bits per heavy atom. The van der Waals surface area contributed by atoms with Crippen molar-refractivity contribution in [2.75, 3.05) is 0 Å². The van der Waals surface area contributed by atoms with Gasteiger partial charge in [-0.3, -0.25) is 0 Å². The molecule has 0 N–H and O–H groups in total. The van der Waals surface area contributed by atoms with Crippen LogP contribution in [0.4, 0.5) is 0 Å². The topological polar surface area (TPSA) is 0 Å². The summed E-state index contributed by atoms with van der Waals surface area (Å²) in [4.78, 5) is 0. The number of rotatable bonds is 0. The summed E-state index contributed by atoms with van der Waals surface area (Å²) < 4.78 is 0. The lowest BCUT2D eigenvalue weighted by molar-refractivity contribution is 0.761. The predicted octanol–water partition coefficient (Wildman–Crippen LogP) is 4.21. The lowest BCUT2D eigenvalue weighted by Gasteiger charge is -1.92. The van der Waals surface area contributed by atoms with Gasteiger partial charge in [-0.1, -0.05) is 36.5 Å². The van der Waals surface area contributed by atoms with E-state index < -0.39 is 0 Å². The highest BCUT2D eigenvalue weighted by Gasteiger charge is 1.85. The molecule has 0 aromatic heterocycles. The van der Waals surface area contributed by atoms with Gasteiger partial charge in [0.1, 0.15) is 0 Å². The molecule has 0 bridgehead atoms. The van der Waals surface area contributed by atoms with Crippen LogP contribution < -0.4 is 0 Å². The first-order chi connectivity index (χ1) is 6.50. The highest BCUT2D eigenvalue weighted by Crippen LogP contribution is 2.04. The number of hydrogen-bond acceptors (Lipinski definition) is 0. The molecule has 0 amide bonds. The summed E-state index contributed by atoms with van der Waals surface area (Å²) in [6.45, 7) is 0. The van der Waals surface area contributed by atoms with Crippen LogP contribution in [-0.4, -0.2) is 0 Å². The van der Waals surface area contributed by atoms with E-state index >= 15 is 0 Å². The summed E-state index contributed by atoms with van der Waals surface area (Å²) >= 11 is 0. The third-order valence-electron chi connectivity index (χ3n) is 2.14. The van der Waals surface area contributed by atoms with Crippen molar-refractivity contribution in [2.45, 2.75) is 38.5 Å². The van der Waals surface area contributed by atoms with Crippen LogP contribution in [0.1, 0.15) is 38.5 Å². The smallest absolute Gasteiger partial charge is 0.0133 e. The normalized spacial score (nSPS) is 27.7. The maximum absolute atomic E-state index is 2.30. The first kappa shape index (κ1) is 10.3. The monoisotopic (exact) mass is 175 g/mol. The third-order valence-corrected chi connectivity index (χ3v) is 2.14. The van der Waals surface area contributed by atoms with E-state index in [1.54, 1.807) is 0 Å². The fourth-order valence-electron chi connectivity index (χ4n) is 1.36. The molecule has 0 atom stereocenters. The van der Waals surface area contributed by atoms with Crippen molar-refractivity contribution in [3.8, 4) is 0 Å². The van der Waals surface area contributed by atoms with Gasteiger partial charge in [-0.05, 0) is 44.9 Å². The molecule has 1 aliphatic rings. The van der Waals surface area contributed by atoms with Gasteiger partial charge in [-0.15, -0.1) is 0 Å². The van der Waals surface area contributed by atoms with Crippen molar-refractivity contribution < 1.29 is 0 Å². The highest BCUT2D eigenvalue weighted by atomic mass is 13.9. The van der Waals surface area contributed by atoms with Gasteiger partial charge in [-0.25, -0.2) is 0 Å². The minimum atomic E-state index is 1.07. The second-order valence-electron chi connectivity index (χ2n) is 3.36. The van der Waals surface area contributed by atoms with Crippen molar-refractivity contribution >= 4 is 0 Å². The molecule has 1 rings (SSSR count). The van der Waals surface area contributed by atoms with E-state index in [4.69, 9.17) is 0 Å². The van der Waals surface area contributed by atoms with Gasteiger partial charge >= 0.3 is 0 Å². The standard InChI is InChI=1S/C13H19/c1-2-4-6-8-10-12-13-11-9-7-5-3-1/h1-3,6,8,12-13H,4-5,7,9-11H2/b3-1+,8-6+,13-12+. The van der Waals surface area contributed by atoms with Crippen LogP contribution in [0.15, 0.2) is 36.5 Å². The Morgan fingerprint density at radius 1 is 0.615 bits per heavy atom. The third kappa shape index (κ3) is 6.39. The molecule has 0 aliphatic heterocycles. The van der Waals surface area contributed by atoms with Crippen LogP contribution in [0.2, 0.25) is 0 Å². The summed E-state index contributed by atoms with van der Waals surface area (Å²) in [7, 11) is 0. The zero-order chi connectivity index (χ0) is 9.19. The molecule has 0 nitrogen and oxygen atoms in total. The fourth-order valence-corrected chi connectivity index (χ4v) is 1.36. The molecular weight excluding hydrogens is 156 g/mol.